The van der Waals surface area contributed by atoms with Gasteiger partial charge in [-0.2, -0.15) is 0 Å². The third-order valence-corrected chi connectivity index (χ3v) is 3.63. The molecule has 2 N–H and O–H groups in total. The summed E-state index contributed by atoms with van der Waals surface area (Å²) in [5, 5.41) is 0. The number of nitrogens with two attached hydrogens (primary N) is 1. The Labute approximate surface area is 88.2 Å². The van der Waals surface area contributed by atoms with E-state index in [9.17, 15) is 0 Å². The van der Waals surface area contributed by atoms with E-state index in [0.29, 0.717) is 12.0 Å². The zero-order chi connectivity index (χ0) is 10.6. The summed E-state index contributed by atoms with van der Waals surface area (Å²) < 4.78 is 5.69. The molecule has 1 heterocycles. The van der Waals surface area contributed by atoms with E-state index in [0.717, 1.165) is 18.9 Å². The van der Waals surface area contributed by atoms with E-state index in [1.807, 2.05) is 0 Å². The van der Waals surface area contributed by atoms with Gasteiger partial charge in [0.25, 0.3) is 0 Å². The van der Waals surface area contributed by atoms with Crippen molar-refractivity contribution in [1.82, 2.24) is 0 Å². The van der Waals surface area contributed by atoms with Crippen molar-refractivity contribution < 1.29 is 4.74 Å². The summed E-state index contributed by atoms with van der Waals surface area (Å²) in [6, 6.07) is 0.248. The van der Waals surface area contributed by atoms with Gasteiger partial charge in [0.1, 0.15) is 0 Å². The maximum Gasteiger partial charge on any atom is 0.0752 e. The molecule has 3 atom stereocenters. The molecule has 0 spiro atoms. The molecule has 1 saturated heterocycles. The molecule has 0 radical (unpaired) electrons. The Balaban J connectivity index is 2.36. The van der Waals surface area contributed by atoms with Gasteiger partial charge in [0.15, 0.2) is 0 Å². The van der Waals surface area contributed by atoms with Gasteiger partial charge in [0.05, 0.1) is 6.10 Å². The van der Waals surface area contributed by atoms with E-state index in [2.05, 4.69) is 20.8 Å². The van der Waals surface area contributed by atoms with Crippen LogP contribution in [0, 0.1) is 11.8 Å². The van der Waals surface area contributed by atoms with Gasteiger partial charge in [0, 0.05) is 12.6 Å². The van der Waals surface area contributed by atoms with Crippen LogP contribution in [0.25, 0.3) is 0 Å². The van der Waals surface area contributed by atoms with E-state index in [1.165, 1.54) is 19.3 Å². The Morgan fingerprint density at radius 3 is 2.43 bits per heavy atom. The number of hydrogen-bond acceptors (Lipinski definition) is 2. The average Bonchev–Trinajstić information content (AvgIpc) is 2.60. The van der Waals surface area contributed by atoms with Crippen molar-refractivity contribution in [3.8, 4) is 0 Å². The Hall–Kier alpha value is -0.0800. The Morgan fingerprint density at radius 1 is 1.36 bits per heavy atom. The minimum atomic E-state index is 0.248. The largest absolute Gasteiger partial charge is 0.376 e. The van der Waals surface area contributed by atoms with Crippen molar-refractivity contribution in [2.24, 2.45) is 17.6 Å². The second kappa shape index (κ2) is 5.72. The van der Waals surface area contributed by atoms with Gasteiger partial charge in [-0.25, -0.2) is 0 Å². The second-order valence-electron chi connectivity index (χ2n) is 4.68. The lowest BCUT2D eigenvalue weighted by Crippen LogP contribution is -2.39. The lowest BCUT2D eigenvalue weighted by molar-refractivity contribution is 0.0647. The molecule has 3 unspecified atom stereocenters. The van der Waals surface area contributed by atoms with Crippen molar-refractivity contribution in [2.45, 2.75) is 58.6 Å². The van der Waals surface area contributed by atoms with Crippen molar-refractivity contribution >= 4 is 0 Å². The van der Waals surface area contributed by atoms with Crippen LogP contribution in [-0.2, 0) is 4.74 Å². The van der Waals surface area contributed by atoms with Crippen molar-refractivity contribution in [1.29, 1.82) is 0 Å². The summed E-state index contributed by atoms with van der Waals surface area (Å²) in [6.07, 6.45) is 5.11. The molecule has 0 bridgehead atoms. The zero-order valence-corrected chi connectivity index (χ0v) is 9.83. The van der Waals surface area contributed by atoms with E-state index < -0.39 is 0 Å². The minimum absolute atomic E-state index is 0.248. The van der Waals surface area contributed by atoms with E-state index in [4.69, 9.17) is 10.5 Å². The van der Waals surface area contributed by atoms with Crippen LogP contribution in [-0.4, -0.2) is 18.8 Å². The van der Waals surface area contributed by atoms with Crippen LogP contribution >= 0.6 is 0 Å². The van der Waals surface area contributed by atoms with Crippen LogP contribution in [0.15, 0.2) is 0 Å². The first-order valence-corrected chi connectivity index (χ1v) is 6.06. The third kappa shape index (κ3) is 2.96. The molecular formula is C12H25NO. The van der Waals surface area contributed by atoms with Crippen LogP contribution in [0.2, 0.25) is 0 Å². The number of ether oxygens (including phenoxy) is 1. The van der Waals surface area contributed by atoms with Crippen LogP contribution in [0.1, 0.15) is 46.5 Å². The van der Waals surface area contributed by atoms with Gasteiger partial charge >= 0.3 is 0 Å². The summed E-state index contributed by atoms with van der Waals surface area (Å²) in [4.78, 5) is 0. The summed E-state index contributed by atoms with van der Waals surface area (Å²) in [5.41, 5.74) is 6.20. The maximum absolute atomic E-state index is 6.20. The molecule has 1 aliphatic rings. The summed E-state index contributed by atoms with van der Waals surface area (Å²) in [7, 11) is 0. The molecule has 0 amide bonds. The average molecular weight is 199 g/mol. The zero-order valence-electron chi connectivity index (χ0n) is 9.83. The number of hydrogen-bond donors (Lipinski definition) is 1. The van der Waals surface area contributed by atoms with Gasteiger partial charge in [0.2, 0.25) is 0 Å². The topological polar surface area (TPSA) is 35.2 Å². The lowest BCUT2D eigenvalue weighted by atomic mass is 9.88. The van der Waals surface area contributed by atoms with E-state index in [-0.39, 0.29) is 6.04 Å². The first-order chi connectivity index (χ1) is 6.69. The SMILES string of the molecule is CCC(CC)CC(N)C1OCCC1C. The molecule has 0 aromatic heterocycles. The minimum Gasteiger partial charge on any atom is -0.376 e. The monoisotopic (exact) mass is 199 g/mol. The molecule has 0 aromatic carbocycles. The normalized spacial score (nSPS) is 29.8. The van der Waals surface area contributed by atoms with Crippen LogP contribution in [0.4, 0.5) is 0 Å². The van der Waals surface area contributed by atoms with Gasteiger partial charge in [-0.1, -0.05) is 33.6 Å². The Kier molecular flexibility index (Phi) is 4.90. The predicted octanol–water partition coefficient (Wildman–Crippen LogP) is 2.57. The highest BCUT2D eigenvalue weighted by atomic mass is 16.5. The summed E-state index contributed by atoms with van der Waals surface area (Å²) in [6.45, 7) is 7.66. The molecule has 1 aliphatic heterocycles. The van der Waals surface area contributed by atoms with Crippen LogP contribution < -0.4 is 5.73 Å². The van der Waals surface area contributed by atoms with Gasteiger partial charge in [-0.05, 0) is 24.7 Å². The smallest absolute Gasteiger partial charge is 0.0752 e. The highest BCUT2D eigenvalue weighted by Gasteiger charge is 2.30. The molecular weight excluding hydrogens is 174 g/mol. The maximum atomic E-state index is 6.20. The van der Waals surface area contributed by atoms with Crippen molar-refractivity contribution in [3.05, 3.63) is 0 Å². The third-order valence-electron chi connectivity index (χ3n) is 3.63. The molecule has 2 nitrogen and oxygen atoms in total. The highest BCUT2D eigenvalue weighted by molar-refractivity contribution is 4.83. The standard InChI is InChI=1S/C12H25NO/c1-4-10(5-2)8-11(13)12-9(3)6-7-14-12/h9-12H,4-8,13H2,1-3H3. The van der Waals surface area contributed by atoms with E-state index >= 15 is 0 Å². The fourth-order valence-electron chi connectivity index (χ4n) is 2.41. The molecule has 1 fully saturated rings. The van der Waals surface area contributed by atoms with Gasteiger partial charge in [-0.15, -0.1) is 0 Å². The summed E-state index contributed by atoms with van der Waals surface area (Å²) >= 11 is 0. The molecule has 14 heavy (non-hydrogen) atoms. The Morgan fingerprint density at radius 2 is 2.00 bits per heavy atom. The van der Waals surface area contributed by atoms with Crippen molar-refractivity contribution in [3.63, 3.8) is 0 Å². The molecule has 0 aromatic rings. The van der Waals surface area contributed by atoms with Gasteiger partial charge < -0.3 is 10.5 Å². The Bertz CT molecular complexity index is 156. The lowest BCUT2D eigenvalue weighted by Gasteiger charge is -2.25. The van der Waals surface area contributed by atoms with E-state index in [1.54, 1.807) is 0 Å². The first-order valence-electron chi connectivity index (χ1n) is 6.06. The first kappa shape index (κ1) is 12.0. The fraction of sp³-hybridized carbons (Fsp3) is 1.00. The van der Waals surface area contributed by atoms with Crippen molar-refractivity contribution in [2.75, 3.05) is 6.61 Å². The number of rotatable bonds is 5. The second-order valence-corrected chi connectivity index (χ2v) is 4.68. The molecule has 0 saturated carbocycles. The highest BCUT2D eigenvalue weighted by Crippen LogP contribution is 2.26. The van der Waals surface area contributed by atoms with Crippen LogP contribution in [0.3, 0.4) is 0 Å². The molecule has 2 heteroatoms. The van der Waals surface area contributed by atoms with Crippen LogP contribution in [0.5, 0.6) is 0 Å². The summed E-state index contributed by atoms with van der Waals surface area (Å²) in [5.74, 6) is 1.43. The predicted molar refractivity (Wildman–Crippen MR) is 60.2 cm³/mol. The molecule has 0 aliphatic carbocycles. The molecule has 84 valence electrons. The molecule has 1 rings (SSSR count). The van der Waals surface area contributed by atoms with Gasteiger partial charge in [-0.3, -0.25) is 0 Å². The quantitative estimate of drug-likeness (QED) is 0.738. The fourth-order valence-corrected chi connectivity index (χ4v) is 2.41.